The summed E-state index contributed by atoms with van der Waals surface area (Å²) in [4.78, 5) is 4.15. The number of rotatable bonds is 1. The predicted molar refractivity (Wildman–Crippen MR) is 51.1 cm³/mol. The number of hydrogen-bond donors (Lipinski definition) is 1. The maximum atomic E-state index is 5.55. The quantitative estimate of drug-likeness (QED) is 0.722. The molecule has 0 saturated heterocycles. The minimum atomic E-state index is 0.592. The van der Waals surface area contributed by atoms with Gasteiger partial charge in [0.25, 0.3) is 0 Å². The fourth-order valence-electron chi connectivity index (χ4n) is 1.28. The van der Waals surface area contributed by atoms with Crippen LogP contribution in [0.2, 0.25) is 0 Å². The third kappa shape index (κ3) is 1.11. The lowest BCUT2D eigenvalue weighted by Gasteiger charge is -1.99. The van der Waals surface area contributed by atoms with E-state index in [1.165, 1.54) is 21.6 Å². The first-order valence-corrected chi connectivity index (χ1v) is 4.59. The molecule has 0 bridgehead atoms. The molecule has 0 saturated carbocycles. The zero-order valence-corrected chi connectivity index (χ0v) is 7.61. The highest BCUT2D eigenvalue weighted by Gasteiger charge is 2.01. The molecule has 0 aliphatic rings. The molecule has 12 heavy (non-hydrogen) atoms. The Morgan fingerprint density at radius 1 is 1.58 bits per heavy atom. The third-order valence-corrected chi connectivity index (χ3v) is 2.59. The second-order valence-corrected chi connectivity index (χ2v) is 3.60. The van der Waals surface area contributed by atoms with Crippen LogP contribution in [0.3, 0.4) is 0 Å². The van der Waals surface area contributed by atoms with E-state index in [4.69, 9.17) is 5.73 Å². The summed E-state index contributed by atoms with van der Waals surface area (Å²) in [5.74, 6) is 0. The van der Waals surface area contributed by atoms with Crippen molar-refractivity contribution in [3.8, 4) is 0 Å². The van der Waals surface area contributed by atoms with Gasteiger partial charge in [0.05, 0.1) is 10.2 Å². The maximum Gasteiger partial charge on any atom is 0.153 e. The van der Waals surface area contributed by atoms with Gasteiger partial charge in [-0.1, -0.05) is 6.07 Å². The summed E-state index contributed by atoms with van der Waals surface area (Å²) in [7, 11) is 0. The zero-order valence-electron chi connectivity index (χ0n) is 6.79. The van der Waals surface area contributed by atoms with Crippen LogP contribution in [0.25, 0.3) is 10.2 Å². The molecule has 61 valence electrons. The van der Waals surface area contributed by atoms with Crippen LogP contribution in [0.15, 0.2) is 12.1 Å². The summed E-state index contributed by atoms with van der Waals surface area (Å²) < 4.78 is 1.18. The molecule has 0 fully saturated rings. The second-order valence-electron chi connectivity index (χ2n) is 2.77. The van der Waals surface area contributed by atoms with Crippen molar-refractivity contribution in [2.45, 2.75) is 13.5 Å². The lowest BCUT2D eigenvalue weighted by atomic mass is 10.1. The normalized spacial score (nSPS) is 10.8. The molecule has 1 heterocycles. The second kappa shape index (κ2) is 2.84. The number of benzene rings is 1. The Kier molecular flexibility index (Phi) is 1.83. The molecule has 0 aliphatic carbocycles. The number of aromatic nitrogens is 1. The van der Waals surface area contributed by atoms with Crippen LogP contribution in [0.5, 0.6) is 0 Å². The standard InChI is InChI=1S/C9H9N2S/c1-6-2-7(4-10)3-8-9(6)11-5-12-8/h2-3H,4,10H2,1H3. The van der Waals surface area contributed by atoms with E-state index in [1.807, 2.05) is 0 Å². The molecule has 2 rings (SSSR count). The van der Waals surface area contributed by atoms with Crippen molar-refractivity contribution >= 4 is 21.6 Å². The lowest BCUT2D eigenvalue weighted by molar-refractivity contribution is 1.07. The summed E-state index contributed by atoms with van der Waals surface area (Å²) in [6.07, 6.45) is 0. The number of nitrogens with zero attached hydrogens (tertiary/aromatic N) is 1. The number of thiazole rings is 1. The Morgan fingerprint density at radius 2 is 2.42 bits per heavy atom. The predicted octanol–water partition coefficient (Wildman–Crippen LogP) is 1.86. The summed E-state index contributed by atoms with van der Waals surface area (Å²) in [6, 6.07) is 4.16. The van der Waals surface area contributed by atoms with Crippen LogP contribution in [0, 0.1) is 12.4 Å². The Balaban J connectivity index is 2.75. The molecule has 0 atom stereocenters. The van der Waals surface area contributed by atoms with Crippen LogP contribution in [0.4, 0.5) is 0 Å². The summed E-state index contributed by atoms with van der Waals surface area (Å²) in [5.41, 5.74) is 11.8. The van der Waals surface area contributed by atoms with Crippen LogP contribution in [0.1, 0.15) is 11.1 Å². The van der Waals surface area contributed by atoms with Gasteiger partial charge in [-0.2, -0.15) is 0 Å². The minimum absolute atomic E-state index is 0.592. The topological polar surface area (TPSA) is 38.9 Å². The van der Waals surface area contributed by atoms with Gasteiger partial charge >= 0.3 is 0 Å². The molecule has 0 aliphatic heterocycles. The molecule has 2 aromatic rings. The lowest BCUT2D eigenvalue weighted by Crippen LogP contribution is -1.96. The largest absolute Gasteiger partial charge is 0.326 e. The van der Waals surface area contributed by atoms with Gasteiger partial charge in [-0.25, -0.2) is 4.98 Å². The minimum Gasteiger partial charge on any atom is -0.326 e. The number of aryl methyl sites for hydroxylation is 1. The number of nitrogens with two attached hydrogens (primary N) is 1. The van der Waals surface area contributed by atoms with Crippen molar-refractivity contribution in [1.29, 1.82) is 0 Å². The molecular formula is C9H9N2S. The van der Waals surface area contributed by atoms with Crippen LogP contribution in [-0.4, -0.2) is 4.98 Å². The Morgan fingerprint density at radius 3 is 3.17 bits per heavy atom. The highest BCUT2D eigenvalue weighted by molar-refractivity contribution is 7.16. The van der Waals surface area contributed by atoms with Crippen molar-refractivity contribution in [3.05, 3.63) is 28.8 Å². The smallest absolute Gasteiger partial charge is 0.153 e. The molecule has 0 unspecified atom stereocenters. The van der Waals surface area contributed by atoms with E-state index in [2.05, 4.69) is 29.6 Å². The highest BCUT2D eigenvalue weighted by Crippen LogP contribution is 2.22. The fourth-order valence-corrected chi connectivity index (χ4v) is 2.02. The van der Waals surface area contributed by atoms with E-state index in [9.17, 15) is 0 Å². The van der Waals surface area contributed by atoms with Crippen molar-refractivity contribution < 1.29 is 0 Å². The van der Waals surface area contributed by atoms with Gasteiger partial charge in [0, 0.05) is 6.54 Å². The van der Waals surface area contributed by atoms with Gasteiger partial charge in [-0.05, 0) is 24.1 Å². The van der Waals surface area contributed by atoms with E-state index in [0.29, 0.717) is 6.54 Å². The summed E-state index contributed by atoms with van der Waals surface area (Å²) in [5, 5.41) is 0. The molecule has 2 N–H and O–H groups in total. The molecular weight excluding hydrogens is 168 g/mol. The van der Waals surface area contributed by atoms with E-state index >= 15 is 0 Å². The monoisotopic (exact) mass is 177 g/mol. The van der Waals surface area contributed by atoms with Gasteiger partial charge in [0.2, 0.25) is 0 Å². The SMILES string of the molecule is Cc1cc(CN)cc2s[c]nc12. The van der Waals surface area contributed by atoms with Crippen LogP contribution < -0.4 is 5.73 Å². The first kappa shape index (κ1) is 7.71. The molecule has 1 aromatic carbocycles. The Bertz CT molecular complexity index is 406. The average molecular weight is 177 g/mol. The molecule has 3 heteroatoms. The van der Waals surface area contributed by atoms with Gasteiger partial charge < -0.3 is 5.73 Å². The number of fused-ring (bicyclic) bond motifs is 1. The first-order valence-electron chi connectivity index (χ1n) is 3.77. The van der Waals surface area contributed by atoms with Gasteiger partial charge in [-0.15, -0.1) is 11.3 Å². The van der Waals surface area contributed by atoms with Crippen molar-refractivity contribution in [1.82, 2.24) is 4.98 Å². The molecule has 0 amide bonds. The molecule has 2 nitrogen and oxygen atoms in total. The van der Waals surface area contributed by atoms with E-state index in [0.717, 1.165) is 11.1 Å². The van der Waals surface area contributed by atoms with E-state index in [1.54, 1.807) is 0 Å². The Labute approximate surface area is 75.0 Å². The van der Waals surface area contributed by atoms with Crippen molar-refractivity contribution in [2.75, 3.05) is 0 Å². The van der Waals surface area contributed by atoms with Gasteiger partial charge in [0.15, 0.2) is 5.51 Å². The molecule has 1 radical (unpaired) electrons. The summed E-state index contributed by atoms with van der Waals surface area (Å²) in [6.45, 7) is 2.64. The van der Waals surface area contributed by atoms with Crippen LogP contribution >= 0.6 is 11.3 Å². The third-order valence-electron chi connectivity index (χ3n) is 1.87. The Hall–Kier alpha value is -0.930. The number of hydrogen-bond acceptors (Lipinski definition) is 3. The van der Waals surface area contributed by atoms with Crippen LogP contribution in [-0.2, 0) is 6.54 Å². The average Bonchev–Trinajstić information content (AvgIpc) is 2.52. The van der Waals surface area contributed by atoms with E-state index in [-0.39, 0.29) is 0 Å². The van der Waals surface area contributed by atoms with Gasteiger partial charge in [0.1, 0.15) is 0 Å². The molecule has 0 spiro atoms. The zero-order chi connectivity index (χ0) is 8.55. The highest BCUT2D eigenvalue weighted by atomic mass is 32.1. The first-order chi connectivity index (χ1) is 5.81. The maximum absolute atomic E-state index is 5.55. The van der Waals surface area contributed by atoms with E-state index < -0.39 is 0 Å². The van der Waals surface area contributed by atoms with Crippen molar-refractivity contribution in [3.63, 3.8) is 0 Å². The van der Waals surface area contributed by atoms with Crippen molar-refractivity contribution in [2.24, 2.45) is 5.73 Å². The fraction of sp³-hybridized carbons (Fsp3) is 0.222. The van der Waals surface area contributed by atoms with Gasteiger partial charge in [-0.3, -0.25) is 0 Å². The summed E-state index contributed by atoms with van der Waals surface area (Å²) >= 11 is 1.54. The molecule has 1 aromatic heterocycles.